The van der Waals surface area contributed by atoms with Gasteiger partial charge in [-0.2, -0.15) is 0 Å². The van der Waals surface area contributed by atoms with E-state index in [2.05, 4.69) is 5.32 Å². The van der Waals surface area contributed by atoms with E-state index in [0.717, 1.165) is 5.56 Å². The molecule has 114 valence electrons. The van der Waals surface area contributed by atoms with Gasteiger partial charge in [0.05, 0.1) is 18.4 Å². The summed E-state index contributed by atoms with van der Waals surface area (Å²) in [5.74, 6) is -0.273. The van der Waals surface area contributed by atoms with Crippen molar-refractivity contribution in [2.75, 3.05) is 12.4 Å². The monoisotopic (exact) mass is 298 g/mol. The molecule has 22 heavy (non-hydrogen) atoms. The molecule has 0 spiro atoms. The molecular weight excluding hydrogens is 280 g/mol. The number of rotatable bonds is 6. The van der Waals surface area contributed by atoms with Gasteiger partial charge in [-0.05, 0) is 30.2 Å². The Balaban J connectivity index is 2.03. The molecule has 3 N–H and O–H groups in total. The average Bonchev–Trinajstić information content (AvgIpc) is 2.54. The molecule has 0 aliphatic carbocycles. The van der Waals surface area contributed by atoms with Crippen LogP contribution in [0.3, 0.4) is 0 Å². The molecule has 0 heterocycles. The summed E-state index contributed by atoms with van der Waals surface area (Å²) in [6.07, 6.45) is 0.961. The summed E-state index contributed by atoms with van der Waals surface area (Å²) in [4.78, 5) is 23.5. The average molecular weight is 298 g/mol. The maximum absolute atomic E-state index is 12.0. The number of nitrogens with two attached hydrogens (primary N) is 1. The first-order valence-electron chi connectivity index (χ1n) is 6.92. The van der Waals surface area contributed by atoms with E-state index in [1.54, 1.807) is 12.1 Å². The third kappa shape index (κ3) is 4.09. The van der Waals surface area contributed by atoms with E-state index in [0.29, 0.717) is 24.3 Å². The molecule has 5 heteroatoms. The van der Waals surface area contributed by atoms with Gasteiger partial charge in [-0.25, -0.2) is 0 Å². The number of nitrogens with one attached hydrogen (secondary N) is 1. The fourth-order valence-corrected chi connectivity index (χ4v) is 2.08. The van der Waals surface area contributed by atoms with Crippen LogP contribution in [0.25, 0.3) is 0 Å². The van der Waals surface area contributed by atoms with Gasteiger partial charge >= 0.3 is 0 Å². The van der Waals surface area contributed by atoms with Crippen molar-refractivity contribution >= 4 is 17.5 Å². The minimum absolute atomic E-state index is 0.170. The van der Waals surface area contributed by atoms with E-state index in [1.807, 2.05) is 30.3 Å². The zero-order valence-electron chi connectivity index (χ0n) is 12.3. The zero-order chi connectivity index (χ0) is 15.9. The summed E-state index contributed by atoms with van der Waals surface area (Å²) in [7, 11) is 1.50. The van der Waals surface area contributed by atoms with Gasteiger partial charge in [0.25, 0.3) is 5.91 Å². The van der Waals surface area contributed by atoms with Crippen LogP contribution in [0.1, 0.15) is 22.3 Å². The molecule has 0 saturated carbocycles. The van der Waals surface area contributed by atoms with Crippen molar-refractivity contribution in [1.29, 1.82) is 0 Å². The number of carbonyl (C=O) groups is 2. The predicted octanol–water partition coefficient (Wildman–Crippen LogP) is 2.37. The number of amides is 2. The van der Waals surface area contributed by atoms with Crippen LogP contribution >= 0.6 is 0 Å². The Bertz CT molecular complexity index is 669. The maximum Gasteiger partial charge on any atom is 0.250 e. The van der Waals surface area contributed by atoms with Crippen molar-refractivity contribution in [3.05, 3.63) is 59.7 Å². The molecule has 2 aromatic carbocycles. The van der Waals surface area contributed by atoms with Crippen molar-refractivity contribution in [3.8, 4) is 5.75 Å². The minimum atomic E-state index is -0.614. The number of ether oxygens (including phenoxy) is 1. The van der Waals surface area contributed by atoms with Crippen LogP contribution < -0.4 is 15.8 Å². The molecule has 0 aromatic heterocycles. The normalized spacial score (nSPS) is 10.0. The van der Waals surface area contributed by atoms with Crippen molar-refractivity contribution < 1.29 is 14.3 Å². The minimum Gasteiger partial charge on any atom is -0.497 e. The molecule has 0 aliphatic rings. The Hall–Kier alpha value is -2.82. The molecule has 2 rings (SSSR count). The molecule has 0 fully saturated rings. The van der Waals surface area contributed by atoms with Crippen molar-refractivity contribution in [1.82, 2.24) is 0 Å². The van der Waals surface area contributed by atoms with Gasteiger partial charge in [0.1, 0.15) is 5.75 Å². The van der Waals surface area contributed by atoms with Crippen LogP contribution in [0.4, 0.5) is 5.69 Å². The Kier molecular flexibility index (Phi) is 5.14. The van der Waals surface area contributed by atoms with Crippen molar-refractivity contribution in [3.63, 3.8) is 0 Å². The van der Waals surface area contributed by atoms with Crippen molar-refractivity contribution in [2.24, 2.45) is 5.73 Å². The standard InChI is InChI=1S/C17H18N2O3/c1-22-13-8-9-15(14(11-13)17(18)21)19-16(20)10-7-12-5-3-2-4-6-12/h2-6,8-9,11H,7,10H2,1H3,(H2,18,21)(H,19,20). The second-order valence-corrected chi connectivity index (χ2v) is 4.81. The van der Waals surface area contributed by atoms with Crippen LogP contribution in [0.5, 0.6) is 5.75 Å². The maximum atomic E-state index is 12.0. The van der Waals surface area contributed by atoms with Crippen LogP contribution in [-0.2, 0) is 11.2 Å². The Morgan fingerprint density at radius 1 is 1.14 bits per heavy atom. The first kappa shape index (κ1) is 15.6. The Morgan fingerprint density at radius 2 is 1.86 bits per heavy atom. The van der Waals surface area contributed by atoms with Gasteiger partial charge in [-0.1, -0.05) is 30.3 Å². The highest BCUT2D eigenvalue weighted by Gasteiger charge is 2.12. The number of carbonyl (C=O) groups excluding carboxylic acids is 2. The molecule has 0 saturated heterocycles. The summed E-state index contributed by atoms with van der Waals surface area (Å²) < 4.78 is 5.05. The van der Waals surface area contributed by atoms with E-state index in [-0.39, 0.29) is 11.5 Å². The van der Waals surface area contributed by atoms with Gasteiger partial charge in [0, 0.05) is 6.42 Å². The summed E-state index contributed by atoms with van der Waals surface area (Å²) in [6, 6.07) is 14.5. The highest BCUT2D eigenvalue weighted by molar-refractivity contribution is 6.03. The first-order chi connectivity index (χ1) is 10.6. The highest BCUT2D eigenvalue weighted by atomic mass is 16.5. The topological polar surface area (TPSA) is 81.4 Å². The van der Waals surface area contributed by atoms with E-state index in [9.17, 15) is 9.59 Å². The summed E-state index contributed by atoms with van der Waals surface area (Å²) in [5, 5.41) is 2.72. The lowest BCUT2D eigenvalue weighted by molar-refractivity contribution is -0.116. The summed E-state index contributed by atoms with van der Waals surface area (Å²) in [5.41, 5.74) is 7.04. The summed E-state index contributed by atoms with van der Waals surface area (Å²) >= 11 is 0. The first-order valence-corrected chi connectivity index (χ1v) is 6.92. The van der Waals surface area contributed by atoms with E-state index in [1.165, 1.54) is 13.2 Å². The second kappa shape index (κ2) is 7.26. The molecule has 0 unspecified atom stereocenters. The number of hydrogen-bond donors (Lipinski definition) is 2. The lowest BCUT2D eigenvalue weighted by Crippen LogP contribution is -2.18. The quantitative estimate of drug-likeness (QED) is 0.859. The van der Waals surface area contributed by atoms with Gasteiger partial charge in [0.2, 0.25) is 5.91 Å². The molecule has 0 radical (unpaired) electrons. The third-order valence-corrected chi connectivity index (χ3v) is 3.25. The molecule has 0 aliphatic heterocycles. The molecule has 0 atom stereocenters. The van der Waals surface area contributed by atoms with E-state index in [4.69, 9.17) is 10.5 Å². The highest BCUT2D eigenvalue weighted by Crippen LogP contribution is 2.22. The van der Waals surface area contributed by atoms with Gasteiger partial charge < -0.3 is 15.8 Å². The second-order valence-electron chi connectivity index (χ2n) is 4.81. The predicted molar refractivity (Wildman–Crippen MR) is 84.9 cm³/mol. The van der Waals surface area contributed by atoms with Gasteiger partial charge in [-0.3, -0.25) is 9.59 Å². The van der Waals surface area contributed by atoms with Crippen LogP contribution in [0.15, 0.2) is 48.5 Å². The molecule has 5 nitrogen and oxygen atoms in total. The molecule has 0 bridgehead atoms. The SMILES string of the molecule is COc1ccc(NC(=O)CCc2ccccc2)c(C(N)=O)c1. The largest absolute Gasteiger partial charge is 0.497 e. The zero-order valence-corrected chi connectivity index (χ0v) is 12.3. The van der Waals surface area contributed by atoms with E-state index >= 15 is 0 Å². The Labute approximate surface area is 129 Å². The van der Waals surface area contributed by atoms with E-state index < -0.39 is 5.91 Å². The number of hydrogen-bond acceptors (Lipinski definition) is 3. The van der Waals surface area contributed by atoms with Crippen molar-refractivity contribution in [2.45, 2.75) is 12.8 Å². The lowest BCUT2D eigenvalue weighted by atomic mass is 10.1. The number of anilines is 1. The molecule has 2 amide bonds. The summed E-state index contributed by atoms with van der Waals surface area (Å²) in [6.45, 7) is 0. The molecule has 2 aromatic rings. The lowest BCUT2D eigenvalue weighted by Gasteiger charge is -2.10. The Morgan fingerprint density at radius 3 is 2.50 bits per heavy atom. The number of benzene rings is 2. The third-order valence-electron chi connectivity index (χ3n) is 3.25. The molecular formula is C17H18N2O3. The van der Waals surface area contributed by atoms with Crippen LogP contribution in [0.2, 0.25) is 0 Å². The smallest absolute Gasteiger partial charge is 0.250 e. The number of aryl methyl sites for hydroxylation is 1. The van der Waals surface area contributed by atoms with Gasteiger partial charge in [-0.15, -0.1) is 0 Å². The number of primary amides is 1. The van der Waals surface area contributed by atoms with Gasteiger partial charge in [0.15, 0.2) is 0 Å². The number of methoxy groups -OCH3 is 1. The van der Waals surface area contributed by atoms with Crippen LogP contribution in [-0.4, -0.2) is 18.9 Å². The fourth-order valence-electron chi connectivity index (χ4n) is 2.08. The van der Waals surface area contributed by atoms with Crippen LogP contribution in [0, 0.1) is 0 Å². The fraction of sp³-hybridized carbons (Fsp3) is 0.176.